The van der Waals surface area contributed by atoms with E-state index < -0.39 is 0 Å². The van der Waals surface area contributed by atoms with Gasteiger partial charge < -0.3 is 14.6 Å². The first-order chi connectivity index (χ1) is 19.2. The number of aryl methyl sites for hydroxylation is 1. The van der Waals surface area contributed by atoms with E-state index in [4.69, 9.17) is 0 Å². The third kappa shape index (κ3) is 19.0. The molecule has 0 atom stereocenters. The van der Waals surface area contributed by atoms with E-state index in [1.807, 2.05) is 60.0 Å². The molecule has 40 heavy (non-hydrogen) atoms. The number of halogens is 1. The third-order valence-electron chi connectivity index (χ3n) is 5.18. The maximum absolute atomic E-state index is 13.3. The number of hydrogen-bond acceptors (Lipinski definition) is 4. The summed E-state index contributed by atoms with van der Waals surface area (Å²) in [7, 11) is 0. The Bertz CT molecular complexity index is 934. The topological polar surface area (TPSA) is 61.6 Å². The fraction of sp³-hybridized carbons (Fsp3) is 0.515. The van der Waals surface area contributed by atoms with Crippen LogP contribution in [0.3, 0.4) is 0 Å². The SMILES string of the molecule is C=C/C=C(\C=C(/C)F)CCn1cncc1CN(CC)CC(=O)N(CC)CC(/C=C(\C)O)=C/C=C.CC.CC.CC. The smallest absolute Gasteiger partial charge is 0.237 e. The molecule has 0 fully saturated rings. The fourth-order valence-electron chi connectivity index (χ4n) is 3.50. The van der Waals surface area contributed by atoms with Crippen molar-refractivity contribution in [2.45, 2.75) is 88.7 Å². The predicted molar refractivity (Wildman–Crippen MR) is 172 cm³/mol. The quantitative estimate of drug-likeness (QED) is 0.172. The van der Waals surface area contributed by atoms with Gasteiger partial charge in [0.1, 0.15) is 0 Å². The second kappa shape index (κ2) is 27.4. The summed E-state index contributed by atoms with van der Waals surface area (Å²) in [5.41, 5.74) is 2.65. The molecule has 0 unspecified atom stereocenters. The molecule has 0 aromatic carbocycles. The fourth-order valence-corrected chi connectivity index (χ4v) is 3.50. The van der Waals surface area contributed by atoms with Crippen molar-refractivity contribution in [2.75, 3.05) is 26.2 Å². The van der Waals surface area contributed by atoms with Gasteiger partial charge in [0.05, 0.1) is 30.2 Å². The minimum atomic E-state index is -0.245. The average molecular weight is 561 g/mol. The van der Waals surface area contributed by atoms with Gasteiger partial charge >= 0.3 is 0 Å². The summed E-state index contributed by atoms with van der Waals surface area (Å²) in [4.78, 5) is 21.1. The molecule has 7 heteroatoms. The molecule has 6 nitrogen and oxygen atoms in total. The van der Waals surface area contributed by atoms with Crippen molar-refractivity contribution in [2.24, 2.45) is 0 Å². The zero-order valence-electron chi connectivity index (χ0n) is 27.0. The Hall–Kier alpha value is -3.19. The number of nitrogens with zero attached hydrogens (tertiary/aromatic N) is 4. The van der Waals surface area contributed by atoms with Crippen LogP contribution in [0.25, 0.3) is 0 Å². The molecule has 1 aromatic rings. The maximum Gasteiger partial charge on any atom is 0.237 e. The van der Waals surface area contributed by atoms with Gasteiger partial charge in [-0.2, -0.15) is 0 Å². The van der Waals surface area contributed by atoms with Crippen LogP contribution in [0, 0.1) is 0 Å². The standard InChI is InChI=1S/C27H39FN4O2.3C2H6/c1-7-11-24(15-22(5)28)13-14-32-21-29-17-26(32)19-30(9-3)20-27(34)31(10-4)18-25(12-8-2)16-23(6)33;3*1-2/h7-8,11-12,15-17,21,33H,1-2,9-10,13-14,18-20H2,3-6H3;3*1-2H3/b22-15+,23-16+,24-11-,25-12+;;;. The Morgan fingerprint density at radius 3 is 2.02 bits per heavy atom. The molecular formula is C33H57FN4O2. The van der Waals surface area contributed by atoms with Gasteiger partial charge in [-0.3, -0.25) is 9.69 Å². The van der Waals surface area contributed by atoms with Crippen molar-refractivity contribution in [1.82, 2.24) is 19.4 Å². The molecule has 0 spiro atoms. The molecule has 1 aromatic heterocycles. The monoisotopic (exact) mass is 560 g/mol. The first-order valence-corrected chi connectivity index (χ1v) is 14.6. The second-order valence-electron chi connectivity index (χ2n) is 8.01. The highest BCUT2D eigenvalue weighted by atomic mass is 19.1. The Kier molecular flexibility index (Phi) is 28.3. The number of aliphatic hydroxyl groups is 1. The van der Waals surface area contributed by atoms with Gasteiger partial charge in [0.15, 0.2) is 0 Å². The number of carbonyl (C=O) groups excluding carboxylic acids is 1. The van der Waals surface area contributed by atoms with Crippen LogP contribution in [0.2, 0.25) is 0 Å². The van der Waals surface area contributed by atoms with Gasteiger partial charge in [0, 0.05) is 32.4 Å². The van der Waals surface area contributed by atoms with Crippen molar-refractivity contribution >= 4 is 5.91 Å². The molecule has 1 heterocycles. The molecule has 0 aliphatic rings. The molecule has 0 radical (unpaired) electrons. The highest BCUT2D eigenvalue weighted by molar-refractivity contribution is 5.78. The largest absolute Gasteiger partial charge is 0.513 e. The second-order valence-corrected chi connectivity index (χ2v) is 8.01. The lowest BCUT2D eigenvalue weighted by Gasteiger charge is -2.26. The number of likely N-dealkylation sites (N-methyl/N-ethyl adjacent to an activating group) is 2. The zero-order valence-corrected chi connectivity index (χ0v) is 27.0. The van der Waals surface area contributed by atoms with Gasteiger partial charge in [-0.05, 0) is 57.0 Å². The molecule has 0 aliphatic heterocycles. The number of imidazole rings is 1. The van der Waals surface area contributed by atoms with Crippen LogP contribution in [0.15, 0.2) is 84.9 Å². The van der Waals surface area contributed by atoms with E-state index in [0.717, 1.165) is 16.8 Å². The first kappa shape index (κ1) is 41.3. The molecule has 0 saturated heterocycles. The molecular weight excluding hydrogens is 503 g/mol. The van der Waals surface area contributed by atoms with Gasteiger partial charge in [-0.15, -0.1) is 0 Å². The van der Waals surface area contributed by atoms with Crippen LogP contribution in [0.5, 0.6) is 0 Å². The van der Waals surface area contributed by atoms with Gasteiger partial charge in [-0.1, -0.05) is 85.9 Å². The number of allylic oxidation sites excluding steroid dienone is 8. The molecule has 228 valence electrons. The zero-order chi connectivity index (χ0) is 31.5. The molecule has 0 saturated carbocycles. The lowest BCUT2D eigenvalue weighted by Crippen LogP contribution is -2.41. The van der Waals surface area contributed by atoms with Crippen LogP contribution >= 0.6 is 0 Å². The van der Waals surface area contributed by atoms with Crippen molar-refractivity contribution in [3.05, 3.63) is 90.6 Å². The minimum Gasteiger partial charge on any atom is -0.513 e. The third-order valence-corrected chi connectivity index (χ3v) is 5.18. The molecule has 1 rings (SSSR count). The first-order valence-electron chi connectivity index (χ1n) is 14.6. The number of aromatic nitrogens is 2. The normalized spacial score (nSPS) is 11.8. The highest BCUT2D eigenvalue weighted by Gasteiger charge is 2.18. The molecule has 1 N–H and O–H groups in total. The summed E-state index contributed by atoms with van der Waals surface area (Å²) in [5, 5.41) is 9.61. The summed E-state index contributed by atoms with van der Waals surface area (Å²) in [6, 6.07) is 0. The Labute approximate surface area is 245 Å². The van der Waals surface area contributed by atoms with Crippen LogP contribution in [-0.2, 0) is 17.9 Å². The van der Waals surface area contributed by atoms with Crippen molar-refractivity contribution in [1.29, 1.82) is 0 Å². The van der Waals surface area contributed by atoms with E-state index in [-0.39, 0.29) is 24.0 Å². The Morgan fingerprint density at radius 2 is 1.55 bits per heavy atom. The van der Waals surface area contributed by atoms with Gasteiger partial charge in [-0.25, -0.2) is 9.37 Å². The van der Waals surface area contributed by atoms with Gasteiger partial charge in [0.25, 0.3) is 0 Å². The number of rotatable bonds is 15. The van der Waals surface area contributed by atoms with Gasteiger partial charge in [0.2, 0.25) is 5.91 Å². The molecule has 1 amide bonds. The van der Waals surface area contributed by atoms with E-state index in [9.17, 15) is 14.3 Å². The van der Waals surface area contributed by atoms with E-state index in [1.54, 1.807) is 54.7 Å². The summed E-state index contributed by atoms with van der Waals surface area (Å²) in [6.07, 6.45) is 14.3. The Balaban J connectivity index is -0.00000213. The van der Waals surface area contributed by atoms with E-state index in [1.165, 1.54) is 13.0 Å². The number of amides is 1. The van der Waals surface area contributed by atoms with Crippen LogP contribution in [0.1, 0.15) is 81.4 Å². The van der Waals surface area contributed by atoms with Crippen molar-refractivity contribution in [3.8, 4) is 0 Å². The summed E-state index contributed by atoms with van der Waals surface area (Å²) >= 11 is 0. The summed E-state index contributed by atoms with van der Waals surface area (Å²) in [6.45, 7) is 29.5. The summed E-state index contributed by atoms with van der Waals surface area (Å²) in [5.74, 6) is -0.0525. The summed E-state index contributed by atoms with van der Waals surface area (Å²) < 4.78 is 15.4. The highest BCUT2D eigenvalue weighted by Crippen LogP contribution is 2.13. The number of hydrogen-bond donors (Lipinski definition) is 1. The minimum absolute atomic E-state index is 0.00845. The predicted octanol–water partition coefficient (Wildman–Crippen LogP) is 8.58. The van der Waals surface area contributed by atoms with E-state index in [0.29, 0.717) is 39.1 Å². The number of aliphatic hydroxyl groups excluding tert-OH is 1. The lowest BCUT2D eigenvalue weighted by atomic mass is 10.1. The molecule has 0 aliphatic carbocycles. The lowest BCUT2D eigenvalue weighted by molar-refractivity contribution is -0.131. The molecule has 0 bridgehead atoms. The van der Waals surface area contributed by atoms with Crippen LogP contribution in [-0.4, -0.2) is 56.5 Å². The van der Waals surface area contributed by atoms with Crippen molar-refractivity contribution in [3.63, 3.8) is 0 Å². The Morgan fingerprint density at radius 1 is 0.975 bits per heavy atom. The average Bonchev–Trinajstić information content (AvgIpc) is 3.39. The number of carbonyl (C=O) groups is 1. The van der Waals surface area contributed by atoms with Crippen LogP contribution < -0.4 is 0 Å². The van der Waals surface area contributed by atoms with Crippen molar-refractivity contribution < 1.29 is 14.3 Å². The van der Waals surface area contributed by atoms with E-state index >= 15 is 0 Å². The van der Waals surface area contributed by atoms with E-state index in [2.05, 4.69) is 23.0 Å². The van der Waals surface area contributed by atoms with Crippen LogP contribution in [0.4, 0.5) is 4.39 Å². The maximum atomic E-state index is 13.3.